The van der Waals surface area contributed by atoms with Gasteiger partial charge in [-0.05, 0) is 50.5 Å². The van der Waals surface area contributed by atoms with Gasteiger partial charge in [0, 0.05) is 18.5 Å². The minimum Gasteiger partial charge on any atom is -0.314 e. The quantitative estimate of drug-likeness (QED) is 0.852. The van der Waals surface area contributed by atoms with Gasteiger partial charge in [-0.25, -0.2) is 0 Å². The van der Waals surface area contributed by atoms with Crippen LogP contribution in [0.5, 0.6) is 0 Å². The third-order valence-electron chi connectivity index (χ3n) is 5.12. The molecule has 2 fully saturated rings. The molecule has 0 spiro atoms. The average Bonchev–Trinajstić information content (AvgIpc) is 3.22. The van der Waals surface area contributed by atoms with Crippen LogP contribution < -0.4 is 5.32 Å². The van der Waals surface area contributed by atoms with Crippen LogP contribution in [0.25, 0.3) is 0 Å². The molecule has 2 aliphatic rings. The van der Waals surface area contributed by atoms with Crippen molar-refractivity contribution in [2.24, 2.45) is 11.8 Å². The molecule has 2 saturated carbocycles. The lowest BCUT2D eigenvalue weighted by molar-refractivity contribution is 0.232. The van der Waals surface area contributed by atoms with Gasteiger partial charge in [-0.2, -0.15) is 5.10 Å². The SMILES string of the molecule is CCCn1ncc(Cl)c1C1CC(C)CCC1CNC1CC1. The van der Waals surface area contributed by atoms with Crippen LogP contribution in [0.15, 0.2) is 6.20 Å². The molecule has 0 aromatic carbocycles. The Morgan fingerprint density at radius 2 is 2.14 bits per heavy atom. The molecule has 0 aliphatic heterocycles. The molecule has 3 rings (SSSR count). The molecule has 2 aliphatic carbocycles. The third-order valence-corrected chi connectivity index (χ3v) is 5.41. The first kappa shape index (κ1) is 15.4. The number of rotatable bonds is 6. The molecule has 0 radical (unpaired) electrons. The van der Waals surface area contributed by atoms with Crippen molar-refractivity contribution in [1.29, 1.82) is 0 Å². The predicted octanol–water partition coefficient (Wildman–Crippen LogP) is 4.22. The summed E-state index contributed by atoms with van der Waals surface area (Å²) in [7, 11) is 0. The van der Waals surface area contributed by atoms with Crippen molar-refractivity contribution < 1.29 is 0 Å². The van der Waals surface area contributed by atoms with E-state index in [4.69, 9.17) is 11.6 Å². The van der Waals surface area contributed by atoms with Gasteiger partial charge in [-0.3, -0.25) is 4.68 Å². The highest BCUT2D eigenvalue weighted by Crippen LogP contribution is 2.42. The van der Waals surface area contributed by atoms with E-state index in [0.717, 1.165) is 36.5 Å². The van der Waals surface area contributed by atoms with Crippen LogP contribution in [-0.2, 0) is 6.54 Å². The van der Waals surface area contributed by atoms with E-state index in [2.05, 4.69) is 28.9 Å². The van der Waals surface area contributed by atoms with Crippen molar-refractivity contribution in [3.8, 4) is 0 Å². The fourth-order valence-electron chi connectivity index (χ4n) is 3.76. The molecule has 3 nitrogen and oxygen atoms in total. The maximum atomic E-state index is 6.50. The predicted molar refractivity (Wildman–Crippen MR) is 87.8 cm³/mol. The second-order valence-electron chi connectivity index (χ2n) is 7.07. The average molecular weight is 310 g/mol. The minimum atomic E-state index is 0.571. The Bertz CT molecular complexity index is 467. The monoisotopic (exact) mass is 309 g/mol. The summed E-state index contributed by atoms with van der Waals surface area (Å²) in [6.07, 6.45) is 9.61. The maximum absolute atomic E-state index is 6.50. The fourth-order valence-corrected chi connectivity index (χ4v) is 4.04. The normalized spacial score (nSPS) is 29.8. The maximum Gasteiger partial charge on any atom is 0.0820 e. The topological polar surface area (TPSA) is 29.9 Å². The summed E-state index contributed by atoms with van der Waals surface area (Å²) in [6.45, 7) is 6.71. The number of halogens is 1. The number of nitrogens with zero attached hydrogens (tertiary/aromatic N) is 2. The van der Waals surface area contributed by atoms with Gasteiger partial charge in [0.05, 0.1) is 16.9 Å². The molecular formula is C17H28ClN3. The summed E-state index contributed by atoms with van der Waals surface area (Å²) in [5.41, 5.74) is 1.30. The van der Waals surface area contributed by atoms with Crippen LogP contribution in [-0.4, -0.2) is 22.4 Å². The highest BCUT2D eigenvalue weighted by molar-refractivity contribution is 6.31. The van der Waals surface area contributed by atoms with Gasteiger partial charge in [0.1, 0.15) is 0 Å². The summed E-state index contributed by atoms with van der Waals surface area (Å²) in [6, 6.07) is 0.793. The molecule has 0 saturated heterocycles. The Labute approximate surface area is 133 Å². The summed E-state index contributed by atoms with van der Waals surface area (Å²) >= 11 is 6.50. The summed E-state index contributed by atoms with van der Waals surface area (Å²) < 4.78 is 2.16. The Balaban J connectivity index is 1.78. The molecular weight excluding hydrogens is 282 g/mol. The van der Waals surface area contributed by atoms with Crippen LogP contribution in [0.4, 0.5) is 0 Å². The van der Waals surface area contributed by atoms with Crippen LogP contribution in [0.1, 0.15) is 64.0 Å². The lowest BCUT2D eigenvalue weighted by Crippen LogP contribution is -2.33. The van der Waals surface area contributed by atoms with Gasteiger partial charge in [-0.1, -0.05) is 31.9 Å². The van der Waals surface area contributed by atoms with Gasteiger partial charge in [0.2, 0.25) is 0 Å². The van der Waals surface area contributed by atoms with Gasteiger partial charge >= 0.3 is 0 Å². The smallest absolute Gasteiger partial charge is 0.0820 e. The van der Waals surface area contributed by atoms with E-state index in [0.29, 0.717) is 11.8 Å². The number of aryl methyl sites for hydroxylation is 1. The van der Waals surface area contributed by atoms with Crippen molar-refractivity contribution in [2.45, 2.75) is 70.9 Å². The van der Waals surface area contributed by atoms with Crippen LogP contribution in [0.3, 0.4) is 0 Å². The van der Waals surface area contributed by atoms with Crippen molar-refractivity contribution in [3.63, 3.8) is 0 Å². The number of aromatic nitrogens is 2. The first-order chi connectivity index (χ1) is 10.2. The first-order valence-electron chi connectivity index (χ1n) is 8.63. The molecule has 21 heavy (non-hydrogen) atoms. The van der Waals surface area contributed by atoms with Crippen molar-refractivity contribution >= 4 is 11.6 Å². The van der Waals surface area contributed by atoms with E-state index in [1.165, 1.54) is 37.8 Å². The summed E-state index contributed by atoms with van der Waals surface area (Å²) in [5.74, 6) is 2.08. The number of hydrogen-bond donors (Lipinski definition) is 1. The standard InChI is InChI=1S/C17H28ClN3/c1-3-8-21-17(16(18)11-20-21)15-9-12(2)4-5-13(15)10-19-14-6-7-14/h11-15,19H,3-10H2,1-2H3. The molecule has 4 heteroatoms. The van der Waals surface area contributed by atoms with E-state index >= 15 is 0 Å². The Morgan fingerprint density at radius 3 is 2.86 bits per heavy atom. The molecule has 1 heterocycles. The van der Waals surface area contributed by atoms with E-state index < -0.39 is 0 Å². The van der Waals surface area contributed by atoms with Crippen LogP contribution in [0.2, 0.25) is 5.02 Å². The second kappa shape index (κ2) is 6.70. The van der Waals surface area contributed by atoms with Gasteiger partial charge in [0.25, 0.3) is 0 Å². The highest BCUT2D eigenvalue weighted by Gasteiger charge is 2.34. The lowest BCUT2D eigenvalue weighted by Gasteiger charge is -2.35. The second-order valence-corrected chi connectivity index (χ2v) is 7.48. The van der Waals surface area contributed by atoms with Gasteiger partial charge < -0.3 is 5.32 Å². The molecule has 1 aromatic heterocycles. The molecule has 0 amide bonds. The van der Waals surface area contributed by atoms with Crippen molar-refractivity contribution in [2.75, 3.05) is 6.54 Å². The van der Waals surface area contributed by atoms with Crippen molar-refractivity contribution in [1.82, 2.24) is 15.1 Å². The first-order valence-corrected chi connectivity index (χ1v) is 9.01. The van der Waals surface area contributed by atoms with E-state index in [-0.39, 0.29) is 0 Å². The summed E-state index contributed by atoms with van der Waals surface area (Å²) in [5, 5.41) is 9.12. The minimum absolute atomic E-state index is 0.571. The Kier molecular flexibility index (Phi) is 4.90. The zero-order valence-corrected chi connectivity index (χ0v) is 14.1. The van der Waals surface area contributed by atoms with Crippen molar-refractivity contribution in [3.05, 3.63) is 16.9 Å². The third kappa shape index (κ3) is 3.62. The van der Waals surface area contributed by atoms with Crippen LogP contribution in [0, 0.1) is 11.8 Å². The van der Waals surface area contributed by atoms with E-state index in [1.807, 2.05) is 6.20 Å². The van der Waals surface area contributed by atoms with E-state index in [9.17, 15) is 0 Å². The molecule has 1 N–H and O–H groups in total. The Morgan fingerprint density at radius 1 is 1.33 bits per heavy atom. The largest absolute Gasteiger partial charge is 0.314 e. The van der Waals surface area contributed by atoms with Gasteiger partial charge in [0.15, 0.2) is 0 Å². The van der Waals surface area contributed by atoms with Crippen LogP contribution >= 0.6 is 11.6 Å². The Hall–Kier alpha value is -0.540. The number of hydrogen-bond acceptors (Lipinski definition) is 2. The molecule has 1 aromatic rings. The fraction of sp³-hybridized carbons (Fsp3) is 0.824. The lowest BCUT2D eigenvalue weighted by atomic mass is 9.73. The summed E-state index contributed by atoms with van der Waals surface area (Å²) in [4.78, 5) is 0. The van der Waals surface area contributed by atoms with Gasteiger partial charge in [-0.15, -0.1) is 0 Å². The zero-order valence-electron chi connectivity index (χ0n) is 13.3. The molecule has 3 unspecified atom stereocenters. The molecule has 118 valence electrons. The zero-order chi connectivity index (χ0) is 14.8. The highest BCUT2D eigenvalue weighted by atomic mass is 35.5. The number of nitrogens with one attached hydrogen (secondary N) is 1. The molecule has 0 bridgehead atoms. The van der Waals surface area contributed by atoms with E-state index in [1.54, 1.807) is 0 Å². The molecule has 3 atom stereocenters.